The molecule has 0 unspecified atom stereocenters. The standard InChI is InChI=1S/C12H16N2O4S/c15-10(13-6-2-1-5-11(16)17)8-14-12(18)9-4-3-7-19-9/h3-4,7H,1-2,5-6,8H2,(H,13,15)(H,14,18)(H,16,17). The molecule has 7 heteroatoms. The highest BCUT2D eigenvalue weighted by Crippen LogP contribution is 2.07. The number of hydrogen-bond acceptors (Lipinski definition) is 4. The van der Waals surface area contributed by atoms with Gasteiger partial charge in [-0.1, -0.05) is 6.07 Å². The Bertz CT molecular complexity index is 431. The number of carbonyl (C=O) groups excluding carboxylic acids is 2. The number of carboxylic acids is 1. The number of hydrogen-bond donors (Lipinski definition) is 3. The van der Waals surface area contributed by atoms with Crippen LogP contribution in [0.3, 0.4) is 0 Å². The molecule has 0 radical (unpaired) electrons. The highest BCUT2D eigenvalue weighted by atomic mass is 32.1. The predicted octanol–water partition coefficient (Wildman–Crippen LogP) is 0.849. The molecule has 1 rings (SSSR count). The smallest absolute Gasteiger partial charge is 0.303 e. The Morgan fingerprint density at radius 2 is 2.00 bits per heavy atom. The molecule has 0 aliphatic heterocycles. The van der Waals surface area contributed by atoms with Crippen LogP contribution in [0.2, 0.25) is 0 Å². The molecule has 19 heavy (non-hydrogen) atoms. The highest BCUT2D eigenvalue weighted by Gasteiger charge is 2.08. The number of amides is 2. The van der Waals surface area contributed by atoms with Crippen molar-refractivity contribution >= 4 is 29.1 Å². The molecule has 0 saturated heterocycles. The molecule has 0 spiro atoms. The Labute approximate surface area is 114 Å². The molecular weight excluding hydrogens is 268 g/mol. The van der Waals surface area contributed by atoms with E-state index >= 15 is 0 Å². The Hall–Kier alpha value is -1.89. The quantitative estimate of drug-likeness (QED) is 0.617. The van der Waals surface area contributed by atoms with Gasteiger partial charge >= 0.3 is 5.97 Å². The average Bonchev–Trinajstić information content (AvgIpc) is 2.89. The monoisotopic (exact) mass is 284 g/mol. The van der Waals surface area contributed by atoms with Crippen molar-refractivity contribution in [3.05, 3.63) is 22.4 Å². The van der Waals surface area contributed by atoms with Crippen molar-refractivity contribution in [1.29, 1.82) is 0 Å². The summed E-state index contributed by atoms with van der Waals surface area (Å²) in [6.45, 7) is 0.344. The maximum atomic E-state index is 11.5. The number of carboxylic acid groups (broad SMARTS) is 1. The van der Waals surface area contributed by atoms with Crippen LogP contribution in [0, 0.1) is 0 Å². The van der Waals surface area contributed by atoms with Crippen LogP contribution in [0.4, 0.5) is 0 Å². The van der Waals surface area contributed by atoms with E-state index in [1.54, 1.807) is 17.5 Å². The third-order valence-corrected chi connectivity index (χ3v) is 3.16. The molecule has 3 N–H and O–H groups in total. The molecule has 0 aromatic carbocycles. The number of nitrogens with one attached hydrogen (secondary N) is 2. The number of carbonyl (C=O) groups is 3. The number of rotatable bonds is 8. The topological polar surface area (TPSA) is 95.5 Å². The van der Waals surface area contributed by atoms with E-state index in [1.807, 2.05) is 0 Å². The Morgan fingerprint density at radius 1 is 1.21 bits per heavy atom. The Balaban J connectivity index is 2.08. The van der Waals surface area contributed by atoms with E-state index in [-0.39, 0.29) is 24.8 Å². The second kappa shape index (κ2) is 8.25. The van der Waals surface area contributed by atoms with Gasteiger partial charge in [0.05, 0.1) is 11.4 Å². The van der Waals surface area contributed by atoms with E-state index in [9.17, 15) is 14.4 Å². The van der Waals surface area contributed by atoms with Gasteiger partial charge in [0, 0.05) is 13.0 Å². The molecule has 1 aromatic rings. The van der Waals surface area contributed by atoms with E-state index < -0.39 is 5.97 Å². The minimum atomic E-state index is -0.838. The minimum absolute atomic E-state index is 0.0737. The molecular formula is C12H16N2O4S. The summed E-state index contributed by atoms with van der Waals surface area (Å²) in [6, 6.07) is 3.45. The van der Waals surface area contributed by atoms with Gasteiger partial charge < -0.3 is 15.7 Å². The molecule has 6 nitrogen and oxygen atoms in total. The van der Waals surface area contributed by atoms with Crippen molar-refractivity contribution in [2.75, 3.05) is 13.1 Å². The summed E-state index contributed by atoms with van der Waals surface area (Å²) in [4.78, 5) is 33.7. The van der Waals surface area contributed by atoms with Crippen LogP contribution in [-0.4, -0.2) is 36.0 Å². The molecule has 1 heterocycles. The van der Waals surface area contributed by atoms with Gasteiger partial charge in [0.1, 0.15) is 0 Å². The molecule has 1 aromatic heterocycles. The van der Waals surface area contributed by atoms with Gasteiger partial charge in [-0.15, -0.1) is 11.3 Å². The van der Waals surface area contributed by atoms with Crippen LogP contribution in [0.1, 0.15) is 28.9 Å². The average molecular weight is 284 g/mol. The van der Waals surface area contributed by atoms with Crippen molar-refractivity contribution in [3.8, 4) is 0 Å². The lowest BCUT2D eigenvalue weighted by Gasteiger charge is -2.05. The van der Waals surface area contributed by atoms with Crippen LogP contribution in [0.5, 0.6) is 0 Å². The second-order valence-electron chi connectivity index (χ2n) is 3.86. The molecule has 0 bridgehead atoms. The van der Waals surface area contributed by atoms with E-state index in [1.165, 1.54) is 11.3 Å². The van der Waals surface area contributed by atoms with Gasteiger partial charge in [0.2, 0.25) is 5.91 Å². The van der Waals surface area contributed by atoms with Gasteiger partial charge in [0.15, 0.2) is 0 Å². The Kier molecular flexibility index (Phi) is 6.59. The first-order valence-corrected chi connectivity index (χ1v) is 6.78. The third-order valence-electron chi connectivity index (χ3n) is 2.29. The molecule has 0 aliphatic carbocycles. The fourth-order valence-electron chi connectivity index (χ4n) is 1.35. The zero-order valence-electron chi connectivity index (χ0n) is 10.3. The zero-order valence-corrected chi connectivity index (χ0v) is 11.2. The first-order valence-electron chi connectivity index (χ1n) is 5.90. The summed E-state index contributed by atoms with van der Waals surface area (Å²) < 4.78 is 0. The van der Waals surface area contributed by atoms with Gasteiger partial charge in [-0.25, -0.2) is 0 Å². The molecule has 104 valence electrons. The Morgan fingerprint density at radius 3 is 2.63 bits per heavy atom. The van der Waals surface area contributed by atoms with Gasteiger partial charge in [-0.05, 0) is 24.3 Å². The minimum Gasteiger partial charge on any atom is -0.481 e. The third kappa shape index (κ3) is 6.56. The normalized spacial score (nSPS) is 9.89. The van der Waals surface area contributed by atoms with Crippen LogP contribution >= 0.6 is 11.3 Å². The van der Waals surface area contributed by atoms with Crippen LogP contribution < -0.4 is 10.6 Å². The highest BCUT2D eigenvalue weighted by molar-refractivity contribution is 7.12. The van der Waals surface area contributed by atoms with Crippen molar-refractivity contribution < 1.29 is 19.5 Å². The van der Waals surface area contributed by atoms with E-state index in [2.05, 4.69) is 10.6 Å². The SMILES string of the molecule is O=C(O)CCCCNC(=O)CNC(=O)c1cccs1. The largest absolute Gasteiger partial charge is 0.481 e. The summed E-state index contributed by atoms with van der Waals surface area (Å²) in [6.07, 6.45) is 1.24. The van der Waals surface area contributed by atoms with Crippen molar-refractivity contribution in [2.45, 2.75) is 19.3 Å². The zero-order chi connectivity index (χ0) is 14.1. The molecule has 2 amide bonds. The van der Waals surface area contributed by atoms with E-state index in [0.29, 0.717) is 24.3 Å². The molecule has 0 saturated carbocycles. The predicted molar refractivity (Wildman–Crippen MR) is 71.1 cm³/mol. The summed E-state index contributed by atoms with van der Waals surface area (Å²) in [5.41, 5.74) is 0. The number of thiophene rings is 1. The molecule has 0 fully saturated rings. The first kappa shape index (κ1) is 15.2. The number of aliphatic carboxylic acids is 1. The molecule has 0 atom stereocenters. The summed E-state index contributed by atoms with van der Waals surface area (Å²) in [5.74, 6) is -1.38. The summed E-state index contributed by atoms with van der Waals surface area (Å²) >= 11 is 1.31. The van der Waals surface area contributed by atoms with E-state index in [4.69, 9.17) is 5.11 Å². The van der Waals surface area contributed by atoms with Gasteiger partial charge in [-0.2, -0.15) is 0 Å². The summed E-state index contributed by atoms with van der Waals surface area (Å²) in [5, 5.41) is 15.3. The lowest BCUT2D eigenvalue weighted by molar-refractivity contribution is -0.137. The lowest BCUT2D eigenvalue weighted by Crippen LogP contribution is -2.37. The second-order valence-corrected chi connectivity index (χ2v) is 4.81. The molecule has 0 aliphatic rings. The maximum Gasteiger partial charge on any atom is 0.303 e. The van der Waals surface area contributed by atoms with Crippen molar-refractivity contribution in [1.82, 2.24) is 10.6 Å². The first-order chi connectivity index (χ1) is 9.09. The van der Waals surface area contributed by atoms with Gasteiger partial charge in [0.25, 0.3) is 5.91 Å². The number of unbranched alkanes of at least 4 members (excludes halogenated alkanes) is 1. The summed E-state index contributed by atoms with van der Waals surface area (Å²) in [7, 11) is 0. The van der Waals surface area contributed by atoms with Crippen molar-refractivity contribution in [3.63, 3.8) is 0 Å². The van der Waals surface area contributed by atoms with Crippen LogP contribution in [-0.2, 0) is 9.59 Å². The lowest BCUT2D eigenvalue weighted by atomic mass is 10.2. The van der Waals surface area contributed by atoms with E-state index in [0.717, 1.165) is 0 Å². The van der Waals surface area contributed by atoms with Crippen molar-refractivity contribution in [2.24, 2.45) is 0 Å². The van der Waals surface area contributed by atoms with Crippen LogP contribution in [0.25, 0.3) is 0 Å². The maximum absolute atomic E-state index is 11.5. The van der Waals surface area contributed by atoms with Gasteiger partial charge in [-0.3, -0.25) is 14.4 Å². The van der Waals surface area contributed by atoms with Crippen LogP contribution in [0.15, 0.2) is 17.5 Å². The fraction of sp³-hybridized carbons (Fsp3) is 0.417. The fourth-order valence-corrected chi connectivity index (χ4v) is 1.99.